The minimum absolute atomic E-state index is 0.100. The van der Waals surface area contributed by atoms with E-state index in [4.69, 9.17) is 4.74 Å². The molecule has 3 aromatic rings. The first kappa shape index (κ1) is 20.0. The molecule has 0 spiro atoms. The molecule has 28 heavy (non-hydrogen) atoms. The molecule has 0 saturated carbocycles. The third kappa shape index (κ3) is 6.74. The van der Waals surface area contributed by atoms with Gasteiger partial charge in [0.25, 0.3) is 0 Å². The number of halogens is 1. The number of carbonyl (C=O) groups excluding carboxylic acids is 1. The zero-order valence-electron chi connectivity index (χ0n) is 15.5. The van der Waals surface area contributed by atoms with Gasteiger partial charge in [-0.15, -0.1) is 0 Å². The van der Waals surface area contributed by atoms with Crippen molar-refractivity contribution < 1.29 is 9.53 Å². The second kappa shape index (κ2) is 10.5. The number of nitrogens with one attached hydrogen (secondary N) is 2. The molecule has 0 aliphatic rings. The maximum absolute atomic E-state index is 12.1. The van der Waals surface area contributed by atoms with Gasteiger partial charge in [-0.2, -0.15) is 0 Å². The van der Waals surface area contributed by atoms with Gasteiger partial charge in [-0.05, 0) is 60.9 Å². The second-order valence-electron chi connectivity index (χ2n) is 6.37. The van der Waals surface area contributed by atoms with Crippen molar-refractivity contribution in [2.45, 2.75) is 12.8 Å². The van der Waals surface area contributed by atoms with E-state index in [0.29, 0.717) is 6.61 Å². The van der Waals surface area contributed by atoms with Gasteiger partial charge in [0, 0.05) is 15.8 Å². The summed E-state index contributed by atoms with van der Waals surface area (Å²) >= 11 is 3.41. The molecule has 0 aromatic heterocycles. The molecule has 0 heterocycles. The molecule has 2 N–H and O–H groups in total. The number of amides is 1. The number of ether oxygens (including phenoxy) is 1. The van der Waals surface area contributed by atoms with Crippen molar-refractivity contribution >= 4 is 33.2 Å². The maximum Gasteiger partial charge on any atom is 0.243 e. The number of carbonyl (C=O) groups is 1. The topological polar surface area (TPSA) is 50.4 Å². The predicted octanol–water partition coefficient (Wildman–Crippen LogP) is 5.51. The lowest BCUT2D eigenvalue weighted by Gasteiger charge is -2.10. The van der Waals surface area contributed by atoms with Crippen LogP contribution in [-0.2, 0) is 11.2 Å². The van der Waals surface area contributed by atoms with Gasteiger partial charge in [-0.25, -0.2) is 0 Å². The molecule has 5 heteroatoms. The van der Waals surface area contributed by atoms with Gasteiger partial charge in [0.15, 0.2) is 0 Å². The Morgan fingerprint density at radius 3 is 2.43 bits per heavy atom. The number of rotatable bonds is 9. The standard InChI is InChI=1S/C23H23BrN2O2/c24-19-9-4-10-21(16-19)25-17-23(27)26-20-11-13-22(14-12-20)28-15-5-8-18-6-2-1-3-7-18/h1-4,6-7,9-14,16,25H,5,8,15,17H2,(H,26,27). The number of aryl methyl sites for hydroxylation is 1. The fourth-order valence-electron chi connectivity index (χ4n) is 2.73. The van der Waals surface area contributed by atoms with Crippen molar-refractivity contribution in [1.29, 1.82) is 0 Å². The Labute approximate surface area is 174 Å². The van der Waals surface area contributed by atoms with E-state index in [9.17, 15) is 4.79 Å². The monoisotopic (exact) mass is 438 g/mol. The number of hydrogen-bond donors (Lipinski definition) is 2. The summed E-state index contributed by atoms with van der Waals surface area (Å²) in [5.41, 5.74) is 2.96. The van der Waals surface area contributed by atoms with Crippen molar-refractivity contribution in [2.75, 3.05) is 23.8 Å². The van der Waals surface area contributed by atoms with Crippen LogP contribution in [0.4, 0.5) is 11.4 Å². The fraction of sp³-hybridized carbons (Fsp3) is 0.174. The quantitative estimate of drug-likeness (QED) is 0.432. The molecule has 3 rings (SSSR count). The van der Waals surface area contributed by atoms with Gasteiger partial charge >= 0.3 is 0 Å². The maximum atomic E-state index is 12.1. The first-order valence-corrected chi connectivity index (χ1v) is 10.0. The van der Waals surface area contributed by atoms with Crippen molar-refractivity contribution in [3.63, 3.8) is 0 Å². The van der Waals surface area contributed by atoms with Crippen LogP contribution in [0.5, 0.6) is 5.75 Å². The van der Waals surface area contributed by atoms with E-state index >= 15 is 0 Å². The number of hydrogen-bond acceptors (Lipinski definition) is 3. The third-order valence-corrected chi connectivity index (χ3v) is 4.63. The summed E-state index contributed by atoms with van der Waals surface area (Å²) in [5.74, 6) is 0.704. The Bertz CT molecular complexity index is 883. The van der Waals surface area contributed by atoms with E-state index in [-0.39, 0.29) is 12.5 Å². The highest BCUT2D eigenvalue weighted by Crippen LogP contribution is 2.17. The minimum atomic E-state index is -0.100. The highest BCUT2D eigenvalue weighted by Gasteiger charge is 2.03. The van der Waals surface area contributed by atoms with Crippen LogP contribution < -0.4 is 15.4 Å². The summed E-state index contributed by atoms with van der Waals surface area (Å²) in [6.07, 6.45) is 1.96. The predicted molar refractivity (Wildman–Crippen MR) is 118 cm³/mol. The minimum Gasteiger partial charge on any atom is -0.494 e. The molecular formula is C23H23BrN2O2. The zero-order valence-corrected chi connectivity index (χ0v) is 17.1. The normalized spacial score (nSPS) is 10.3. The SMILES string of the molecule is O=C(CNc1cccc(Br)c1)Nc1ccc(OCCCc2ccccc2)cc1. The smallest absolute Gasteiger partial charge is 0.243 e. The molecule has 0 radical (unpaired) electrons. The van der Waals surface area contributed by atoms with E-state index in [1.54, 1.807) is 0 Å². The van der Waals surface area contributed by atoms with E-state index < -0.39 is 0 Å². The first-order valence-electron chi connectivity index (χ1n) is 9.25. The van der Waals surface area contributed by atoms with E-state index in [1.807, 2.05) is 54.6 Å². The molecule has 1 amide bonds. The summed E-state index contributed by atoms with van der Waals surface area (Å²) < 4.78 is 6.74. The van der Waals surface area contributed by atoms with Gasteiger partial charge in [-0.1, -0.05) is 52.3 Å². The van der Waals surface area contributed by atoms with Crippen LogP contribution in [0.25, 0.3) is 0 Å². The van der Waals surface area contributed by atoms with Crippen LogP contribution in [0, 0.1) is 0 Å². The molecule has 0 fully saturated rings. The molecule has 144 valence electrons. The lowest BCUT2D eigenvalue weighted by Crippen LogP contribution is -2.21. The molecule has 0 aliphatic carbocycles. The van der Waals surface area contributed by atoms with Crippen LogP contribution in [0.15, 0.2) is 83.3 Å². The average molecular weight is 439 g/mol. The molecule has 0 atom stereocenters. The lowest BCUT2D eigenvalue weighted by molar-refractivity contribution is -0.114. The highest BCUT2D eigenvalue weighted by molar-refractivity contribution is 9.10. The Morgan fingerprint density at radius 2 is 1.68 bits per heavy atom. The highest BCUT2D eigenvalue weighted by atomic mass is 79.9. The Hall–Kier alpha value is -2.79. The lowest BCUT2D eigenvalue weighted by atomic mass is 10.1. The first-order chi connectivity index (χ1) is 13.7. The fourth-order valence-corrected chi connectivity index (χ4v) is 3.13. The molecule has 0 saturated heterocycles. The Morgan fingerprint density at radius 1 is 0.893 bits per heavy atom. The molecule has 3 aromatic carbocycles. The van der Waals surface area contributed by atoms with Crippen molar-refractivity contribution in [1.82, 2.24) is 0 Å². The molecule has 4 nitrogen and oxygen atoms in total. The van der Waals surface area contributed by atoms with Crippen molar-refractivity contribution in [3.05, 3.63) is 88.9 Å². The molecule has 0 unspecified atom stereocenters. The molecule has 0 bridgehead atoms. The van der Waals surface area contributed by atoms with Crippen LogP contribution >= 0.6 is 15.9 Å². The van der Waals surface area contributed by atoms with Gasteiger partial charge in [-0.3, -0.25) is 4.79 Å². The van der Waals surface area contributed by atoms with E-state index in [0.717, 1.165) is 34.4 Å². The molecule has 0 aliphatic heterocycles. The third-order valence-electron chi connectivity index (χ3n) is 4.14. The summed E-state index contributed by atoms with van der Waals surface area (Å²) in [6, 6.07) is 25.5. The van der Waals surface area contributed by atoms with E-state index in [1.165, 1.54) is 5.56 Å². The average Bonchev–Trinajstić information content (AvgIpc) is 2.72. The van der Waals surface area contributed by atoms with Crippen molar-refractivity contribution in [2.24, 2.45) is 0 Å². The van der Waals surface area contributed by atoms with Crippen LogP contribution in [0.1, 0.15) is 12.0 Å². The van der Waals surface area contributed by atoms with Gasteiger partial charge in [0.05, 0.1) is 13.2 Å². The van der Waals surface area contributed by atoms with Crippen LogP contribution in [0.3, 0.4) is 0 Å². The summed E-state index contributed by atoms with van der Waals surface area (Å²) in [6.45, 7) is 0.866. The van der Waals surface area contributed by atoms with Crippen molar-refractivity contribution in [3.8, 4) is 5.75 Å². The summed E-state index contributed by atoms with van der Waals surface area (Å²) in [5, 5.41) is 5.97. The number of benzene rings is 3. The summed E-state index contributed by atoms with van der Waals surface area (Å²) in [7, 11) is 0. The largest absolute Gasteiger partial charge is 0.494 e. The van der Waals surface area contributed by atoms with Crippen LogP contribution in [-0.4, -0.2) is 19.1 Å². The Balaban J connectivity index is 1.38. The molecular weight excluding hydrogens is 416 g/mol. The van der Waals surface area contributed by atoms with E-state index in [2.05, 4.69) is 50.8 Å². The second-order valence-corrected chi connectivity index (χ2v) is 7.29. The Kier molecular flexibility index (Phi) is 7.50. The van der Waals surface area contributed by atoms with Crippen LogP contribution in [0.2, 0.25) is 0 Å². The van der Waals surface area contributed by atoms with Gasteiger partial charge in [0.1, 0.15) is 5.75 Å². The summed E-state index contributed by atoms with van der Waals surface area (Å²) in [4.78, 5) is 12.1. The zero-order chi connectivity index (χ0) is 19.6. The number of anilines is 2. The van der Waals surface area contributed by atoms with Gasteiger partial charge < -0.3 is 15.4 Å². The van der Waals surface area contributed by atoms with Gasteiger partial charge in [0.2, 0.25) is 5.91 Å².